The van der Waals surface area contributed by atoms with Crippen LogP contribution in [0.5, 0.6) is 5.75 Å². The molecule has 5 heteroatoms. The first kappa shape index (κ1) is 15.0. The fraction of sp³-hybridized carbons (Fsp3) is 0.538. The lowest BCUT2D eigenvalue weighted by Crippen LogP contribution is -2.31. The van der Waals surface area contributed by atoms with Crippen LogP contribution < -0.4 is 10.2 Å². The van der Waals surface area contributed by atoms with E-state index in [-0.39, 0.29) is 6.10 Å². The molecule has 0 spiro atoms. The fourth-order valence-corrected chi connectivity index (χ4v) is 1.50. The van der Waals surface area contributed by atoms with E-state index in [2.05, 4.69) is 13.8 Å². The Morgan fingerprint density at radius 1 is 1.22 bits per heavy atom. The van der Waals surface area contributed by atoms with Gasteiger partial charge in [0, 0.05) is 5.46 Å². The number of hydrogen-bond donors (Lipinski definition) is 2. The molecular formula is C13H21BO4. The number of rotatable bonds is 6. The summed E-state index contributed by atoms with van der Waals surface area (Å²) in [5.74, 6) is 0.914. The number of benzene rings is 1. The van der Waals surface area contributed by atoms with Gasteiger partial charge in [-0.3, -0.25) is 0 Å². The molecule has 0 aromatic heterocycles. The largest absolute Gasteiger partial charge is 0.497 e. The third-order valence-corrected chi connectivity index (χ3v) is 3.02. The Morgan fingerprint density at radius 2 is 1.89 bits per heavy atom. The highest BCUT2D eigenvalue weighted by molar-refractivity contribution is 6.59. The molecule has 1 unspecified atom stereocenters. The van der Waals surface area contributed by atoms with Gasteiger partial charge in [0.25, 0.3) is 0 Å². The van der Waals surface area contributed by atoms with E-state index in [9.17, 15) is 10.0 Å². The fourth-order valence-electron chi connectivity index (χ4n) is 1.50. The van der Waals surface area contributed by atoms with E-state index in [1.165, 1.54) is 7.11 Å². The van der Waals surface area contributed by atoms with Gasteiger partial charge in [0.1, 0.15) is 5.75 Å². The number of methoxy groups -OCH3 is 1. The maximum Gasteiger partial charge on any atom is 0.492 e. The predicted molar refractivity (Wildman–Crippen MR) is 71.9 cm³/mol. The van der Waals surface area contributed by atoms with Gasteiger partial charge in [-0.1, -0.05) is 26.0 Å². The Hall–Kier alpha value is -1.04. The van der Waals surface area contributed by atoms with Crippen LogP contribution in [0.25, 0.3) is 0 Å². The molecular weight excluding hydrogens is 231 g/mol. The van der Waals surface area contributed by atoms with Crippen molar-refractivity contribution >= 4 is 12.6 Å². The van der Waals surface area contributed by atoms with E-state index < -0.39 is 7.12 Å². The van der Waals surface area contributed by atoms with E-state index >= 15 is 0 Å². The third kappa shape index (κ3) is 4.01. The molecule has 0 radical (unpaired) electrons. The van der Waals surface area contributed by atoms with Gasteiger partial charge in [-0.25, -0.2) is 0 Å². The van der Waals surface area contributed by atoms with Crippen molar-refractivity contribution in [1.29, 1.82) is 0 Å². The normalized spacial score (nSPS) is 12.6. The second-order valence-corrected chi connectivity index (χ2v) is 4.71. The van der Waals surface area contributed by atoms with E-state index in [0.29, 0.717) is 23.7 Å². The SMILES string of the molecule is COc1ccc(COC(C)C(C)C)cc1B(O)O. The maximum absolute atomic E-state index is 9.26. The van der Waals surface area contributed by atoms with E-state index in [0.717, 1.165) is 5.56 Å². The highest BCUT2D eigenvalue weighted by atomic mass is 16.5. The monoisotopic (exact) mass is 252 g/mol. The molecule has 100 valence electrons. The Bertz CT molecular complexity index is 379. The molecule has 1 aromatic carbocycles. The Kier molecular flexibility index (Phi) is 5.66. The molecule has 1 aromatic rings. The third-order valence-electron chi connectivity index (χ3n) is 3.02. The highest BCUT2D eigenvalue weighted by Crippen LogP contribution is 2.13. The van der Waals surface area contributed by atoms with Crippen molar-refractivity contribution < 1.29 is 19.5 Å². The molecule has 2 N–H and O–H groups in total. The van der Waals surface area contributed by atoms with Crippen LogP contribution in [-0.4, -0.2) is 30.4 Å². The second kappa shape index (κ2) is 6.78. The van der Waals surface area contributed by atoms with Crippen LogP contribution in [0.2, 0.25) is 0 Å². The summed E-state index contributed by atoms with van der Waals surface area (Å²) in [7, 11) is -0.0412. The summed E-state index contributed by atoms with van der Waals surface area (Å²) in [5.41, 5.74) is 1.25. The van der Waals surface area contributed by atoms with Crippen LogP contribution in [-0.2, 0) is 11.3 Å². The van der Waals surface area contributed by atoms with Crippen molar-refractivity contribution in [3.05, 3.63) is 23.8 Å². The maximum atomic E-state index is 9.26. The quantitative estimate of drug-likeness (QED) is 0.739. The van der Waals surface area contributed by atoms with Crippen LogP contribution in [0.1, 0.15) is 26.3 Å². The van der Waals surface area contributed by atoms with Crippen LogP contribution in [0, 0.1) is 5.92 Å². The molecule has 1 atom stereocenters. The zero-order valence-corrected chi connectivity index (χ0v) is 11.4. The number of hydrogen-bond acceptors (Lipinski definition) is 4. The molecule has 0 saturated carbocycles. The summed E-state index contributed by atoms with van der Waals surface area (Å²) >= 11 is 0. The average molecular weight is 252 g/mol. The minimum Gasteiger partial charge on any atom is -0.497 e. The molecule has 0 fully saturated rings. The van der Waals surface area contributed by atoms with Gasteiger partial charge < -0.3 is 19.5 Å². The van der Waals surface area contributed by atoms with E-state index in [4.69, 9.17) is 9.47 Å². The van der Waals surface area contributed by atoms with Crippen molar-refractivity contribution in [1.82, 2.24) is 0 Å². The first-order valence-electron chi connectivity index (χ1n) is 6.10. The molecule has 0 aliphatic heterocycles. The summed E-state index contributed by atoms with van der Waals surface area (Å²) in [6, 6.07) is 5.27. The average Bonchev–Trinajstić information content (AvgIpc) is 2.35. The number of ether oxygens (including phenoxy) is 2. The Morgan fingerprint density at radius 3 is 2.39 bits per heavy atom. The van der Waals surface area contributed by atoms with E-state index in [1.807, 2.05) is 13.0 Å². The topological polar surface area (TPSA) is 58.9 Å². The summed E-state index contributed by atoms with van der Waals surface area (Å²) in [6.07, 6.45) is 0.162. The van der Waals surface area contributed by atoms with Gasteiger partial charge in [0.2, 0.25) is 0 Å². The van der Waals surface area contributed by atoms with Crippen LogP contribution in [0.4, 0.5) is 0 Å². The van der Waals surface area contributed by atoms with Gasteiger partial charge >= 0.3 is 7.12 Å². The zero-order valence-electron chi connectivity index (χ0n) is 11.4. The summed E-state index contributed by atoms with van der Waals surface area (Å²) < 4.78 is 10.8. The molecule has 1 rings (SSSR count). The molecule has 0 aliphatic carbocycles. The van der Waals surface area contributed by atoms with Gasteiger partial charge in [0.05, 0.1) is 19.8 Å². The molecule has 4 nitrogen and oxygen atoms in total. The first-order valence-corrected chi connectivity index (χ1v) is 6.10. The molecule has 0 bridgehead atoms. The van der Waals surface area contributed by atoms with Crippen molar-refractivity contribution in [2.45, 2.75) is 33.5 Å². The lowest BCUT2D eigenvalue weighted by Gasteiger charge is -2.17. The lowest BCUT2D eigenvalue weighted by molar-refractivity contribution is 0.0235. The minimum atomic E-state index is -1.54. The highest BCUT2D eigenvalue weighted by Gasteiger charge is 2.17. The summed E-state index contributed by atoms with van der Waals surface area (Å²) in [6.45, 7) is 6.67. The molecule has 0 saturated heterocycles. The Balaban J connectivity index is 2.76. The van der Waals surface area contributed by atoms with Gasteiger partial charge in [-0.15, -0.1) is 0 Å². The van der Waals surface area contributed by atoms with Crippen LogP contribution >= 0.6 is 0 Å². The zero-order chi connectivity index (χ0) is 13.7. The van der Waals surface area contributed by atoms with Crippen LogP contribution in [0.3, 0.4) is 0 Å². The lowest BCUT2D eigenvalue weighted by atomic mass is 9.79. The summed E-state index contributed by atoms with van der Waals surface area (Å²) in [4.78, 5) is 0. The van der Waals surface area contributed by atoms with Gasteiger partial charge in [-0.2, -0.15) is 0 Å². The molecule has 0 aliphatic rings. The second-order valence-electron chi connectivity index (χ2n) is 4.71. The first-order chi connectivity index (χ1) is 8.45. The van der Waals surface area contributed by atoms with Crippen molar-refractivity contribution in [2.75, 3.05) is 7.11 Å². The van der Waals surface area contributed by atoms with E-state index in [1.54, 1.807) is 12.1 Å². The summed E-state index contributed by atoms with van der Waals surface area (Å²) in [5, 5.41) is 18.5. The molecule has 0 amide bonds. The van der Waals surface area contributed by atoms with Crippen molar-refractivity contribution in [2.24, 2.45) is 5.92 Å². The predicted octanol–water partition coefficient (Wildman–Crippen LogP) is 0.936. The Labute approximate surface area is 109 Å². The van der Waals surface area contributed by atoms with Crippen molar-refractivity contribution in [3.8, 4) is 5.75 Å². The standard InChI is InChI=1S/C13H21BO4/c1-9(2)10(3)18-8-11-5-6-13(17-4)12(7-11)14(15)16/h5-7,9-10,15-16H,8H2,1-4H3. The van der Waals surface area contributed by atoms with Crippen molar-refractivity contribution in [3.63, 3.8) is 0 Å². The molecule has 0 heterocycles. The smallest absolute Gasteiger partial charge is 0.492 e. The van der Waals surface area contributed by atoms with Gasteiger partial charge in [0.15, 0.2) is 0 Å². The van der Waals surface area contributed by atoms with Crippen LogP contribution in [0.15, 0.2) is 18.2 Å². The van der Waals surface area contributed by atoms with Gasteiger partial charge in [-0.05, 0) is 24.5 Å². The minimum absolute atomic E-state index is 0.162. The molecule has 18 heavy (non-hydrogen) atoms.